The van der Waals surface area contributed by atoms with Gasteiger partial charge in [0.25, 0.3) is 0 Å². The van der Waals surface area contributed by atoms with Crippen molar-refractivity contribution in [3.05, 3.63) is 57.8 Å². The zero-order valence-electron chi connectivity index (χ0n) is 14.0. The van der Waals surface area contributed by atoms with E-state index in [-0.39, 0.29) is 0 Å². The molecule has 0 N–H and O–H groups in total. The monoisotopic (exact) mass is 340 g/mol. The van der Waals surface area contributed by atoms with Crippen LogP contribution in [0, 0.1) is 0 Å². The van der Waals surface area contributed by atoms with E-state index in [9.17, 15) is 4.79 Å². The van der Waals surface area contributed by atoms with Crippen LogP contribution in [0.25, 0.3) is 0 Å². The third-order valence-electron chi connectivity index (χ3n) is 5.27. The first kappa shape index (κ1) is 15.9. The molecule has 2 aromatic rings. The highest BCUT2D eigenvalue weighted by atomic mass is 32.1. The summed E-state index contributed by atoms with van der Waals surface area (Å²) in [6.45, 7) is 4.06. The maximum absolute atomic E-state index is 12.3. The van der Waals surface area contributed by atoms with Crippen molar-refractivity contribution in [1.29, 1.82) is 0 Å². The van der Waals surface area contributed by atoms with E-state index >= 15 is 0 Å². The van der Waals surface area contributed by atoms with Crippen molar-refractivity contribution in [3.63, 3.8) is 0 Å². The van der Waals surface area contributed by atoms with E-state index in [1.165, 1.54) is 17.5 Å². The molecule has 3 nitrogen and oxygen atoms in total. The Labute approximate surface area is 147 Å². The summed E-state index contributed by atoms with van der Waals surface area (Å²) in [7, 11) is 0. The van der Waals surface area contributed by atoms with Gasteiger partial charge in [-0.15, -0.1) is 11.3 Å². The first-order valence-electron chi connectivity index (χ1n) is 8.90. The number of benzene rings is 1. The number of aryl methyl sites for hydroxylation is 1. The molecule has 126 valence electrons. The summed E-state index contributed by atoms with van der Waals surface area (Å²) in [5, 5.41) is 2.21. The van der Waals surface area contributed by atoms with Gasteiger partial charge >= 0.3 is 0 Å². The molecular formula is C20H24N2OS. The fourth-order valence-electron chi connectivity index (χ4n) is 3.72. The van der Waals surface area contributed by atoms with E-state index in [4.69, 9.17) is 0 Å². The van der Waals surface area contributed by atoms with Crippen molar-refractivity contribution in [2.75, 3.05) is 19.6 Å². The van der Waals surface area contributed by atoms with Crippen molar-refractivity contribution in [3.8, 4) is 0 Å². The lowest BCUT2D eigenvalue weighted by molar-refractivity contribution is -0.139. The predicted molar refractivity (Wildman–Crippen MR) is 98.2 cm³/mol. The van der Waals surface area contributed by atoms with Gasteiger partial charge in [0.15, 0.2) is 0 Å². The van der Waals surface area contributed by atoms with E-state index < -0.39 is 0 Å². The Morgan fingerprint density at radius 1 is 1.17 bits per heavy atom. The van der Waals surface area contributed by atoms with Crippen LogP contribution >= 0.6 is 11.3 Å². The fraction of sp³-hybridized carbons (Fsp3) is 0.450. The summed E-state index contributed by atoms with van der Waals surface area (Å²) in [4.78, 5) is 18.5. The van der Waals surface area contributed by atoms with Crippen molar-refractivity contribution in [2.24, 2.45) is 0 Å². The summed E-state index contributed by atoms with van der Waals surface area (Å²) in [6, 6.07) is 13.3. The Bertz CT molecular complexity index is 691. The number of hydrogen-bond donors (Lipinski definition) is 0. The summed E-state index contributed by atoms with van der Waals surface area (Å²) < 4.78 is 0. The second-order valence-corrected chi connectivity index (χ2v) is 7.88. The molecule has 2 aliphatic rings. The second kappa shape index (κ2) is 7.08. The smallest absolute Gasteiger partial charge is 0.222 e. The third-order valence-corrected chi connectivity index (χ3v) is 6.29. The molecule has 0 spiro atoms. The van der Waals surface area contributed by atoms with E-state index in [2.05, 4.69) is 40.6 Å². The Kier molecular flexibility index (Phi) is 4.67. The Morgan fingerprint density at radius 2 is 2.00 bits per heavy atom. The van der Waals surface area contributed by atoms with Crippen LogP contribution in [0.5, 0.6) is 0 Å². The fourth-order valence-corrected chi connectivity index (χ4v) is 4.61. The van der Waals surface area contributed by atoms with Gasteiger partial charge in [0.05, 0.1) is 0 Å². The Morgan fingerprint density at radius 3 is 2.83 bits per heavy atom. The molecule has 0 saturated carbocycles. The number of hydrogen-bond acceptors (Lipinski definition) is 3. The normalized spacial score (nSPS) is 18.2. The van der Waals surface area contributed by atoms with Gasteiger partial charge in [0.1, 0.15) is 0 Å². The molecule has 2 aliphatic heterocycles. The van der Waals surface area contributed by atoms with Gasteiger partial charge in [-0.2, -0.15) is 0 Å². The van der Waals surface area contributed by atoms with Gasteiger partial charge in [0.2, 0.25) is 5.91 Å². The summed E-state index contributed by atoms with van der Waals surface area (Å²) in [5.74, 6) is 0.329. The summed E-state index contributed by atoms with van der Waals surface area (Å²) >= 11 is 1.89. The molecule has 4 heteroatoms. The lowest BCUT2D eigenvalue weighted by Gasteiger charge is -2.46. The molecular weight excluding hydrogens is 316 g/mol. The average molecular weight is 340 g/mol. The standard InChI is InChI=1S/C20H24N2OS/c23-20(8-4-7-16-5-2-1-3-6-16)22-14-18(15-22)21-11-9-19-17(13-21)10-12-24-19/h1-3,5-6,10,12,18H,4,7-9,11,13-15H2. The van der Waals surface area contributed by atoms with Crippen molar-refractivity contribution in [1.82, 2.24) is 9.80 Å². The minimum atomic E-state index is 0.329. The zero-order valence-corrected chi connectivity index (χ0v) is 14.8. The number of carbonyl (C=O) groups excluding carboxylic acids is 1. The molecule has 4 rings (SSSR count). The van der Waals surface area contributed by atoms with Gasteiger partial charge < -0.3 is 4.90 Å². The van der Waals surface area contributed by atoms with Gasteiger partial charge in [-0.3, -0.25) is 9.69 Å². The van der Waals surface area contributed by atoms with Crippen molar-refractivity contribution < 1.29 is 4.79 Å². The first-order valence-corrected chi connectivity index (χ1v) is 9.78. The number of likely N-dealkylation sites (tertiary alicyclic amines) is 1. The van der Waals surface area contributed by atoms with Gasteiger partial charge in [-0.25, -0.2) is 0 Å². The molecule has 3 heterocycles. The van der Waals surface area contributed by atoms with Crippen LogP contribution in [-0.2, 0) is 24.2 Å². The van der Waals surface area contributed by atoms with Crippen molar-refractivity contribution in [2.45, 2.75) is 38.3 Å². The molecule has 1 aromatic heterocycles. The molecule has 0 radical (unpaired) electrons. The van der Waals surface area contributed by atoms with E-state index in [1.54, 1.807) is 4.88 Å². The van der Waals surface area contributed by atoms with Crippen LogP contribution in [0.15, 0.2) is 41.8 Å². The lowest BCUT2D eigenvalue weighted by atomic mass is 10.0. The minimum Gasteiger partial charge on any atom is -0.339 e. The van der Waals surface area contributed by atoms with Crippen LogP contribution in [0.1, 0.15) is 28.8 Å². The number of amides is 1. The minimum absolute atomic E-state index is 0.329. The van der Waals surface area contributed by atoms with Crippen LogP contribution in [0.3, 0.4) is 0 Å². The number of rotatable bonds is 5. The maximum atomic E-state index is 12.3. The second-order valence-electron chi connectivity index (χ2n) is 6.88. The predicted octanol–water partition coefficient (Wildman–Crippen LogP) is 3.34. The number of fused-ring (bicyclic) bond motifs is 1. The Hall–Kier alpha value is -1.65. The first-order chi connectivity index (χ1) is 11.8. The van der Waals surface area contributed by atoms with E-state index in [1.807, 2.05) is 22.3 Å². The van der Waals surface area contributed by atoms with Crippen LogP contribution in [0.4, 0.5) is 0 Å². The highest BCUT2D eigenvalue weighted by Gasteiger charge is 2.35. The third kappa shape index (κ3) is 3.40. The molecule has 0 bridgehead atoms. The maximum Gasteiger partial charge on any atom is 0.222 e. The van der Waals surface area contributed by atoms with Gasteiger partial charge in [-0.1, -0.05) is 30.3 Å². The van der Waals surface area contributed by atoms with Gasteiger partial charge in [0, 0.05) is 43.5 Å². The van der Waals surface area contributed by atoms with Crippen LogP contribution in [-0.4, -0.2) is 41.4 Å². The van der Waals surface area contributed by atoms with Crippen LogP contribution < -0.4 is 0 Å². The van der Waals surface area contributed by atoms with E-state index in [0.29, 0.717) is 18.4 Å². The molecule has 0 atom stereocenters. The number of carbonyl (C=O) groups is 1. The summed E-state index contributed by atoms with van der Waals surface area (Å²) in [5.41, 5.74) is 2.82. The molecule has 0 unspecified atom stereocenters. The van der Waals surface area contributed by atoms with Gasteiger partial charge in [-0.05, 0) is 41.8 Å². The lowest BCUT2D eigenvalue weighted by Crippen LogP contribution is -2.61. The molecule has 1 saturated heterocycles. The molecule has 1 aromatic carbocycles. The summed E-state index contributed by atoms with van der Waals surface area (Å²) in [6.07, 6.45) is 3.80. The SMILES string of the molecule is O=C(CCCc1ccccc1)N1CC(N2CCc3sccc3C2)C1. The van der Waals surface area contributed by atoms with E-state index in [0.717, 1.165) is 39.0 Å². The average Bonchev–Trinajstić information content (AvgIpc) is 3.02. The zero-order chi connectivity index (χ0) is 16.4. The number of thiophene rings is 1. The Balaban J connectivity index is 1.19. The topological polar surface area (TPSA) is 23.6 Å². The highest BCUT2D eigenvalue weighted by molar-refractivity contribution is 7.10. The van der Waals surface area contributed by atoms with Crippen molar-refractivity contribution >= 4 is 17.2 Å². The molecule has 24 heavy (non-hydrogen) atoms. The van der Waals surface area contributed by atoms with Crippen LogP contribution in [0.2, 0.25) is 0 Å². The molecule has 1 fully saturated rings. The molecule has 0 aliphatic carbocycles. The largest absolute Gasteiger partial charge is 0.339 e. The number of nitrogens with zero attached hydrogens (tertiary/aromatic N) is 2. The highest BCUT2D eigenvalue weighted by Crippen LogP contribution is 2.27. The molecule has 1 amide bonds. The quantitative estimate of drug-likeness (QED) is 0.833.